The average molecular weight is 185 g/mol. The van der Waals surface area contributed by atoms with Crippen molar-refractivity contribution in [3.63, 3.8) is 0 Å². The summed E-state index contributed by atoms with van der Waals surface area (Å²) in [6, 6.07) is -0.122. The Morgan fingerprint density at radius 2 is 2.08 bits per heavy atom. The minimum absolute atomic E-state index is 0.122. The fourth-order valence-electron chi connectivity index (χ4n) is 2.34. The first-order valence-corrected chi connectivity index (χ1v) is 5.42. The van der Waals surface area contributed by atoms with Crippen LogP contribution >= 0.6 is 0 Å². The Kier molecular flexibility index (Phi) is 3.36. The van der Waals surface area contributed by atoms with E-state index in [1.807, 2.05) is 13.8 Å². The highest BCUT2D eigenvalue weighted by Crippen LogP contribution is 2.36. The van der Waals surface area contributed by atoms with E-state index in [2.05, 4.69) is 6.92 Å². The van der Waals surface area contributed by atoms with E-state index in [0.29, 0.717) is 5.92 Å². The highest BCUT2D eigenvalue weighted by molar-refractivity contribution is 4.91. The molecule has 4 atom stereocenters. The second-order valence-corrected chi connectivity index (χ2v) is 4.98. The lowest BCUT2D eigenvalue weighted by molar-refractivity contribution is -0.0403. The van der Waals surface area contributed by atoms with E-state index in [9.17, 15) is 5.11 Å². The van der Waals surface area contributed by atoms with Gasteiger partial charge in [0.25, 0.3) is 0 Å². The summed E-state index contributed by atoms with van der Waals surface area (Å²) >= 11 is 0. The molecule has 78 valence electrons. The molecule has 4 unspecified atom stereocenters. The number of hydrogen-bond acceptors (Lipinski definition) is 2. The van der Waals surface area contributed by atoms with Crippen LogP contribution in [-0.4, -0.2) is 16.7 Å². The van der Waals surface area contributed by atoms with Crippen LogP contribution in [0.4, 0.5) is 0 Å². The van der Waals surface area contributed by atoms with Crippen molar-refractivity contribution in [1.82, 2.24) is 0 Å². The number of hydrogen-bond donors (Lipinski definition) is 2. The third kappa shape index (κ3) is 2.44. The predicted octanol–water partition coefficient (Wildman–Crippen LogP) is 1.91. The molecule has 1 rings (SSSR count). The summed E-state index contributed by atoms with van der Waals surface area (Å²) in [4.78, 5) is 0. The quantitative estimate of drug-likeness (QED) is 0.690. The molecule has 1 fully saturated rings. The Balaban J connectivity index is 2.59. The molecule has 0 saturated heterocycles. The molecule has 2 heteroatoms. The second kappa shape index (κ2) is 3.97. The largest absolute Gasteiger partial charge is 0.388 e. The summed E-state index contributed by atoms with van der Waals surface area (Å²) in [7, 11) is 0. The minimum Gasteiger partial charge on any atom is -0.388 e. The van der Waals surface area contributed by atoms with Crippen LogP contribution in [0.25, 0.3) is 0 Å². The van der Waals surface area contributed by atoms with Crippen molar-refractivity contribution in [1.29, 1.82) is 0 Å². The molecule has 0 spiro atoms. The molecule has 0 aromatic rings. The maximum Gasteiger partial charge on any atom is 0.0795 e. The van der Waals surface area contributed by atoms with Crippen LogP contribution in [0, 0.1) is 11.8 Å². The van der Waals surface area contributed by atoms with Crippen LogP contribution in [0.15, 0.2) is 0 Å². The molecule has 0 aliphatic heterocycles. The van der Waals surface area contributed by atoms with Gasteiger partial charge in [0.2, 0.25) is 0 Å². The van der Waals surface area contributed by atoms with E-state index in [0.717, 1.165) is 18.8 Å². The minimum atomic E-state index is -0.672. The summed E-state index contributed by atoms with van der Waals surface area (Å²) in [6.45, 7) is 6.06. The molecule has 3 N–H and O–H groups in total. The zero-order chi connectivity index (χ0) is 10.1. The highest BCUT2D eigenvalue weighted by atomic mass is 16.3. The van der Waals surface area contributed by atoms with Crippen molar-refractivity contribution in [2.45, 2.75) is 58.1 Å². The fourth-order valence-corrected chi connectivity index (χ4v) is 2.34. The van der Waals surface area contributed by atoms with E-state index in [1.54, 1.807) is 0 Å². The van der Waals surface area contributed by atoms with Crippen LogP contribution in [-0.2, 0) is 0 Å². The zero-order valence-electron chi connectivity index (χ0n) is 9.09. The maximum atomic E-state index is 10.2. The Morgan fingerprint density at radius 3 is 2.54 bits per heavy atom. The van der Waals surface area contributed by atoms with Crippen molar-refractivity contribution < 1.29 is 5.11 Å². The molecular weight excluding hydrogens is 162 g/mol. The lowest BCUT2D eigenvalue weighted by atomic mass is 9.71. The van der Waals surface area contributed by atoms with Crippen molar-refractivity contribution in [2.75, 3.05) is 0 Å². The van der Waals surface area contributed by atoms with Crippen LogP contribution in [0.2, 0.25) is 0 Å². The predicted molar refractivity (Wildman–Crippen MR) is 55.4 cm³/mol. The molecule has 1 aliphatic carbocycles. The van der Waals surface area contributed by atoms with Crippen molar-refractivity contribution in [2.24, 2.45) is 17.6 Å². The molecule has 2 nitrogen and oxygen atoms in total. The Hall–Kier alpha value is -0.0800. The van der Waals surface area contributed by atoms with Gasteiger partial charge >= 0.3 is 0 Å². The van der Waals surface area contributed by atoms with Crippen LogP contribution in [0.1, 0.15) is 46.5 Å². The maximum absolute atomic E-state index is 10.2. The molecule has 0 radical (unpaired) electrons. The third-order valence-electron chi connectivity index (χ3n) is 3.68. The van der Waals surface area contributed by atoms with E-state index >= 15 is 0 Å². The lowest BCUT2D eigenvalue weighted by Gasteiger charge is -2.40. The Bertz CT molecular complexity index is 165. The smallest absolute Gasteiger partial charge is 0.0795 e. The summed E-state index contributed by atoms with van der Waals surface area (Å²) in [5.74, 6) is 1.15. The summed E-state index contributed by atoms with van der Waals surface area (Å²) < 4.78 is 0. The SMILES string of the molecule is CC1CCCC(C(C)(O)C(C)N)C1. The fraction of sp³-hybridized carbons (Fsp3) is 1.00. The summed E-state index contributed by atoms with van der Waals surface area (Å²) in [5.41, 5.74) is 5.12. The van der Waals surface area contributed by atoms with Gasteiger partial charge in [-0.3, -0.25) is 0 Å². The van der Waals surface area contributed by atoms with Gasteiger partial charge in [0.1, 0.15) is 0 Å². The molecule has 13 heavy (non-hydrogen) atoms. The second-order valence-electron chi connectivity index (χ2n) is 4.98. The normalized spacial score (nSPS) is 36.7. The van der Waals surface area contributed by atoms with Crippen LogP contribution in [0.3, 0.4) is 0 Å². The Morgan fingerprint density at radius 1 is 1.46 bits per heavy atom. The van der Waals surface area contributed by atoms with Crippen LogP contribution in [0.5, 0.6) is 0 Å². The van der Waals surface area contributed by atoms with Gasteiger partial charge in [0.15, 0.2) is 0 Å². The topological polar surface area (TPSA) is 46.2 Å². The van der Waals surface area contributed by atoms with Gasteiger partial charge in [-0.15, -0.1) is 0 Å². The van der Waals surface area contributed by atoms with E-state index in [1.165, 1.54) is 12.8 Å². The van der Waals surface area contributed by atoms with Gasteiger partial charge < -0.3 is 10.8 Å². The summed E-state index contributed by atoms with van der Waals surface area (Å²) in [5, 5.41) is 10.2. The van der Waals surface area contributed by atoms with Gasteiger partial charge in [-0.05, 0) is 38.5 Å². The molecule has 1 saturated carbocycles. The first-order chi connectivity index (χ1) is 5.94. The monoisotopic (exact) mass is 185 g/mol. The number of rotatable bonds is 2. The van der Waals surface area contributed by atoms with Crippen LogP contribution < -0.4 is 5.73 Å². The van der Waals surface area contributed by atoms with Gasteiger partial charge in [-0.1, -0.05) is 19.8 Å². The van der Waals surface area contributed by atoms with Gasteiger partial charge in [-0.2, -0.15) is 0 Å². The van der Waals surface area contributed by atoms with Gasteiger partial charge in [0.05, 0.1) is 5.60 Å². The number of aliphatic hydroxyl groups is 1. The van der Waals surface area contributed by atoms with Gasteiger partial charge in [-0.25, -0.2) is 0 Å². The number of nitrogens with two attached hydrogens (primary N) is 1. The zero-order valence-corrected chi connectivity index (χ0v) is 9.09. The molecule has 0 bridgehead atoms. The Labute approximate surface area is 81.5 Å². The molecule has 0 amide bonds. The molecule has 1 aliphatic rings. The van der Waals surface area contributed by atoms with E-state index in [-0.39, 0.29) is 6.04 Å². The molecule has 0 aromatic heterocycles. The highest BCUT2D eigenvalue weighted by Gasteiger charge is 2.37. The first-order valence-electron chi connectivity index (χ1n) is 5.42. The van der Waals surface area contributed by atoms with Crippen molar-refractivity contribution in [3.8, 4) is 0 Å². The molecule has 0 aromatic carbocycles. The summed E-state index contributed by atoms with van der Waals surface area (Å²) in [6.07, 6.45) is 4.83. The van der Waals surface area contributed by atoms with Crippen molar-refractivity contribution in [3.05, 3.63) is 0 Å². The van der Waals surface area contributed by atoms with Crippen molar-refractivity contribution >= 4 is 0 Å². The van der Waals surface area contributed by atoms with E-state index < -0.39 is 5.60 Å². The average Bonchev–Trinajstić information content (AvgIpc) is 2.04. The van der Waals surface area contributed by atoms with E-state index in [4.69, 9.17) is 5.73 Å². The standard InChI is InChI=1S/C11H23NO/c1-8-5-4-6-10(7-8)11(3,13)9(2)12/h8-10,13H,4-7,12H2,1-3H3. The third-order valence-corrected chi connectivity index (χ3v) is 3.68. The molecule has 0 heterocycles. The first kappa shape index (κ1) is 11.0. The van der Waals surface area contributed by atoms with Gasteiger partial charge in [0, 0.05) is 6.04 Å². The lowest BCUT2D eigenvalue weighted by Crippen LogP contribution is -2.50. The molecular formula is C11H23NO.